The zero-order valence-corrected chi connectivity index (χ0v) is 18.7. The lowest BCUT2D eigenvalue weighted by Gasteiger charge is -2.68. The summed E-state index contributed by atoms with van der Waals surface area (Å²) in [5.41, 5.74) is -0.492. The highest BCUT2D eigenvalue weighted by atomic mass is 35.5. The molecule has 1 unspecified atom stereocenters. The van der Waals surface area contributed by atoms with Crippen molar-refractivity contribution < 1.29 is 33.4 Å². The first-order valence-electron chi connectivity index (χ1n) is 10.2. The van der Waals surface area contributed by atoms with Crippen LogP contribution in [0.4, 0.5) is 0 Å². The molecular weight excluding hydrogens is 451 g/mol. The maximum atomic E-state index is 11.3. The van der Waals surface area contributed by atoms with Crippen LogP contribution in [-0.2, 0) is 24.9 Å². The molecule has 5 aliphatic rings. The Labute approximate surface area is 182 Å². The number of thiophene rings is 1. The number of halogens is 1. The van der Waals surface area contributed by atoms with E-state index in [1.807, 2.05) is 6.07 Å². The van der Waals surface area contributed by atoms with Gasteiger partial charge in [0.05, 0.1) is 9.90 Å². The molecule has 1 aromatic carbocycles. The molecule has 2 heterocycles. The molecule has 10 heteroatoms. The van der Waals surface area contributed by atoms with Crippen LogP contribution in [0.15, 0.2) is 18.2 Å². The topological polar surface area (TPSA) is 94.5 Å². The van der Waals surface area contributed by atoms with Crippen molar-refractivity contribution in [3.8, 4) is 5.75 Å². The van der Waals surface area contributed by atoms with E-state index in [9.17, 15) is 4.57 Å². The Morgan fingerprint density at radius 2 is 1.80 bits per heavy atom. The molecule has 0 amide bonds. The summed E-state index contributed by atoms with van der Waals surface area (Å²) in [6.07, 6.45) is 5.92. The van der Waals surface area contributed by atoms with Gasteiger partial charge in [-0.2, -0.15) is 4.89 Å². The first-order valence-corrected chi connectivity index (χ1v) is 12.9. The number of hydrogen-bond donors (Lipinski definition) is 2. The average Bonchev–Trinajstić information content (AvgIpc) is 3.08. The number of ether oxygens (including phenoxy) is 1. The highest BCUT2D eigenvalue weighted by Crippen LogP contribution is 2.70. The van der Waals surface area contributed by atoms with Crippen molar-refractivity contribution in [2.45, 2.75) is 43.5 Å². The van der Waals surface area contributed by atoms with Gasteiger partial charge in [-0.3, -0.25) is 9.79 Å². The van der Waals surface area contributed by atoms with Crippen LogP contribution in [-0.4, -0.2) is 22.5 Å². The highest BCUT2D eigenvalue weighted by Gasteiger charge is 2.77. The first kappa shape index (κ1) is 19.9. The normalized spacial score (nSPS) is 39.6. The van der Waals surface area contributed by atoms with E-state index in [-0.39, 0.29) is 10.8 Å². The summed E-state index contributed by atoms with van der Waals surface area (Å²) in [4.78, 5) is 30.9. The zero-order chi connectivity index (χ0) is 20.9. The second-order valence-corrected chi connectivity index (χ2v) is 11.7. The lowest BCUT2D eigenvalue weighted by molar-refractivity contribution is -0.644. The Balaban J connectivity index is 1.44. The maximum absolute atomic E-state index is 11.3. The third kappa shape index (κ3) is 2.54. The molecule has 7 rings (SSSR count). The second kappa shape index (κ2) is 6.42. The fourth-order valence-electron chi connectivity index (χ4n) is 6.72. The molecule has 4 aliphatic carbocycles. The van der Waals surface area contributed by atoms with E-state index < -0.39 is 19.2 Å². The highest BCUT2D eigenvalue weighted by molar-refractivity contribution is 7.46. The van der Waals surface area contributed by atoms with Gasteiger partial charge in [0.15, 0.2) is 11.4 Å². The van der Waals surface area contributed by atoms with Crippen molar-refractivity contribution in [3.05, 3.63) is 28.1 Å². The number of benzene rings is 1. The molecule has 4 saturated carbocycles. The molecule has 1 aromatic heterocycles. The summed E-state index contributed by atoms with van der Waals surface area (Å²) in [6.45, 7) is 0. The third-order valence-corrected chi connectivity index (χ3v) is 9.60. The summed E-state index contributed by atoms with van der Waals surface area (Å²) < 4.78 is 22.9. The Hall–Kier alpha value is -0.700. The minimum absolute atomic E-state index is 0.0524. The van der Waals surface area contributed by atoms with E-state index in [2.05, 4.69) is 0 Å². The van der Waals surface area contributed by atoms with Crippen LogP contribution in [0.2, 0.25) is 5.02 Å². The van der Waals surface area contributed by atoms with Gasteiger partial charge < -0.3 is 9.26 Å². The molecule has 30 heavy (non-hydrogen) atoms. The predicted octanol–water partition coefficient (Wildman–Crippen LogP) is 4.98. The smallest absolute Gasteiger partial charge is 0.403 e. The van der Waals surface area contributed by atoms with Gasteiger partial charge in [-0.1, -0.05) is 11.6 Å². The van der Waals surface area contributed by atoms with Gasteiger partial charge in [0, 0.05) is 17.2 Å². The van der Waals surface area contributed by atoms with Gasteiger partial charge in [0.25, 0.3) is 5.79 Å². The molecule has 4 bridgehead atoms. The summed E-state index contributed by atoms with van der Waals surface area (Å²) in [6, 6.07) is 5.10. The number of phosphoric acid groups is 1. The minimum atomic E-state index is -4.71. The van der Waals surface area contributed by atoms with E-state index in [0.29, 0.717) is 17.2 Å². The summed E-state index contributed by atoms with van der Waals surface area (Å²) in [7, 11) is -3.05. The van der Waals surface area contributed by atoms with Gasteiger partial charge in [-0.05, 0) is 74.0 Å². The molecule has 1 spiro atoms. The monoisotopic (exact) mass is 472 g/mol. The van der Waals surface area contributed by atoms with Gasteiger partial charge in [0.1, 0.15) is 0 Å². The van der Waals surface area contributed by atoms with Crippen molar-refractivity contribution in [2.75, 3.05) is 7.11 Å². The number of rotatable bonds is 4. The van der Waals surface area contributed by atoms with Crippen LogP contribution < -0.4 is 4.52 Å². The molecule has 1 saturated heterocycles. The number of fused-ring (bicyclic) bond motifs is 1. The fourth-order valence-corrected chi connectivity index (χ4v) is 8.73. The Morgan fingerprint density at radius 3 is 2.33 bits per heavy atom. The fraction of sp³-hybridized carbons (Fsp3) is 0.600. The predicted molar refractivity (Wildman–Crippen MR) is 110 cm³/mol. The zero-order valence-electron chi connectivity index (χ0n) is 16.2. The standard InChI is InChI=1S/C20H22ClO7PS/c1-25-20(19(27-28-20)12-5-10-4-11(7-12)8-13(19)6-10)17-9-14-16(30-17)3-2-15(18(14)21)26-29(22,23)24/h2-3,9-13H,4-8H2,1H3,(H2,22,23,24). The van der Waals surface area contributed by atoms with Gasteiger partial charge in [-0.25, -0.2) is 9.45 Å². The van der Waals surface area contributed by atoms with Crippen molar-refractivity contribution in [2.24, 2.45) is 23.7 Å². The van der Waals surface area contributed by atoms with Gasteiger partial charge in [-0.15, -0.1) is 11.3 Å². The molecule has 2 aromatic rings. The van der Waals surface area contributed by atoms with E-state index in [0.717, 1.165) is 47.1 Å². The minimum Gasteiger partial charge on any atom is -0.403 e. The molecule has 2 N–H and O–H groups in total. The number of phosphoric ester groups is 1. The first-order chi connectivity index (χ1) is 14.3. The van der Waals surface area contributed by atoms with Crippen LogP contribution >= 0.6 is 30.8 Å². The molecule has 5 fully saturated rings. The molecule has 1 aliphatic heterocycles. The average molecular weight is 473 g/mol. The third-order valence-electron chi connectivity index (χ3n) is 7.59. The quantitative estimate of drug-likeness (QED) is 0.478. The van der Waals surface area contributed by atoms with Crippen molar-refractivity contribution in [1.29, 1.82) is 0 Å². The molecule has 7 nitrogen and oxygen atoms in total. The van der Waals surface area contributed by atoms with Crippen LogP contribution in [0.25, 0.3) is 10.1 Å². The number of hydrogen-bond acceptors (Lipinski definition) is 6. The maximum Gasteiger partial charge on any atom is 0.524 e. The Bertz CT molecular complexity index is 1050. The Kier molecular flexibility index (Phi) is 4.27. The van der Waals surface area contributed by atoms with Crippen molar-refractivity contribution in [3.63, 3.8) is 0 Å². The van der Waals surface area contributed by atoms with E-state index in [1.165, 1.54) is 23.8 Å². The van der Waals surface area contributed by atoms with Crippen molar-refractivity contribution >= 4 is 40.8 Å². The SMILES string of the molecule is COC1(c2cc3c(Cl)c(OP(=O)(O)O)ccc3s2)OOC12C1CC3CC(C1)CC2C3. The molecule has 162 valence electrons. The van der Waals surface area contributed by atoms with Crippen LogP contribution in [0.3, 0.4) is 0 Å². The molecule has 0 radical (unpaired) electrons. The van der Waals surface area contributed by atoms with Gasteiger partial charge in [0.2, 0.25) is 0 Å². The van der Waals surface area contributed by atoms with E-state index in [1.54, 1.807) is 13.2 Å². The number of methoxy groups -OCH3 is 1. The summed E-state index contributed by atoms with van der Waals surface area (Å²) >= 11 is 7.94. The molecular formula is C20H22ClO7PS. The van der Waals surface area contributed by atoms with E-state index >= 15 is 0 Å². The van der Waals surface area contributed by atoms with Crippen LogP contribution in [0.5, 0.6) is 5.75 Å². The van der Waals surface area contributed by atoms with Gasteiger partial charge >= 0.3 is 7.82 Å². The van der Waals surface area contributed by atoms with Crippen molar-refractivity contribution in [1.82, 2.24) is 0 Å². The van der Waals surface area contributed by atoms with Crippen LogP contribution in [0.1, 0.15) is 37.0 Å². The molecule has 1 atom stereocenters. The second-order valence-electron chi connectivity index (χ2n) is 9.07. The lowest BCUT2D eigenvalue weighted by atomic mass is 9.47. The summed E-state index contributed by atoms with van der Waals surface area (Å²) in [5.74, 6) is 1.31. The largest absolute Gasteiger partial charge is 0.524 e. The van der Waals surface area contributed by atoms with Crippen LogP contribution in [0, 0.1) is 23.7 Å². The lowest BCUT2D eigenvalue weighted by Crippen LogP contribution is -2.76. The Morgan fingerprint density at radius 1 is 1.13 bits per heavy atom. The van der Waals surface area contributed by atoms with E-state index in [4.69, 9.17) is 40.4 Å². The summed E-state index contributed by atoms with van der Waals surface area (Å²) in [5, 5.41) is 0.803.